The fourth-order valence-electron chi connectivity index (χ4n) is 22.2. The molecule has 4 saturated carbocycles. The Bertz CT molecular complexity index is 3320. The van der Waals surface area contributed by atoms with Crippen LogP contribution < -0.4 is 29.8 Å². The first-order chi connectivity index (χ1) is 62.9. The first-order valence-electron chi connectivity index (χ1n) is 56.0. The molecule has 0 amide bonds. The molecule has 0 bridgehead atoms. The number of aryl methyl sites for hydroxylation is 4. The molecular formula is C121H209B3Br2LiO7. The first-order valence-corrected chi connectivity index (χ1v) is 57.6. The van der Waals surface area contributed by atoms with Crippen LogP contribution in [-0.2, 0) is 56.7 Å². The van der Waals surface area contributed by atoms with Gasteiger partial charge in [0.05, 0.1) is 33.6 Å². The van der Waals surface area contributed by atoms with Gasteiger partial charge in [0, 0.05) is 36.7 Å². The SMILES string of the molecule is CC.CC.CC(C)(O)C(C)(C)O.CC(C)(O)C(C)(C)O.CC(C)O[B]OC(C)(C)C(C)(C)O.CCCCCCCC1CC23CC(CCCCCCC)CC2(C1)c1cc(Br)c(CCCCCC)cc1-c1cc(CCCCCC)c(Br)cc13.[B]c1cc2c(cc1CCCCCC)-c1cc(CCCCCC)c([B])cc1C13CC(CCCCCCC)CC21CC(CCCCCCC)C3.[CH2-]CCC.[Li+]. The molecule has 13 heteroatoms. The summed E-state index contributed by atoms with van der Waals surface area (Å²) in [5, 5.41) is 46.1. The molecule has 10 rings (SSSR count). The molecule has 134 heavy (non-hydrogen) atoms. The van der Waals surface area contributed by atoms with Crippen LogP contribution >= 0.6 is 31.9 Å². The summed E-state index contributed by atoms with van der Waals surface area (Å²) in [6, 6.07) is 21.0. The van der Waals surface area contributed by atoms with Crippen molar-refractivity contribution in [2.24, 2.45) is 23.7 Å². The Labute approximate surface area is 863 Å². The summed E-state index contributed by atoms with van der Waals surface area (Å²) >= 11 is 8.41. The van der Waals surface area contributed by atoms with Gasteiger partial charge in [0.1, 0.15) is 15.7 Å². The van der Waals surface area contributed by atoms with Crippen molar-refractivity contribution >= 4 is 66.2 Å². The number of aliphatic hydroxyl groups is 5. The Morgan fingerprint density at radius 2 is 0.530 bits per heavy atom. The fraction of sp³-hybridized carbons (Fsp3) is 0.793. The second kappa shape index (κ2) is 64.3. The minimum absolute atomic E-state index is 0. The van der Waals surface area contributed by atoms with Crippen LogP contribution in [0, 0.1) is 30.6 Å². The Morgan fingerprint density at radius 1 is 0.328 bits per heavy atom. The quantitative estimate of drug-likeness (QED) is 0.0170. The number of fused-ring (bicyclic) bond motifs is 6. The van der Waals surface area contributed by atoms with Crippen molar-refractivity contribution in [1.82, 2.24) is 0 Å². The number of unbranched alkanes of at least 4 members (excludes halogenated alkanes) is 29. The van der Waals surface area contributed by atoms with E-state index in [0.717, 1.165) is 53.9 Å². The van der Waals surface area contributed by atoms with Crippen molar-refractivity contribution in [2.75, 3.05) is 0 Å². The molecule has 5 N–H and O–H groups in total. The number of rotatable bonds is 52. The zero-order valence-electron chi connectivity index (χ0n) is 92.9. The maximum atomic E-state index is 9.71. The van der Waals surface area contributed by atoms with Gasteiger partial charge in [-0.1, -0.05) is 406 Å². The van der Waals surface area contributed by atoms with Crippen LogP contribution in [0.15, 0.2) is 57.5 Å². The van der Waals surface area contributed by atoms with E-state index >= 15 is 0 Å². The minimum atomic E-state index is -1.01. The summed E-state index contributed by atoms with van der Waals surface area (Å²) in [7, 11) is 15.5. The summed E-state index contributed by atoms with van der Waals surface area (Å²) in [5.74, 6) is 3.33. The maximum Gasteiger partial charge on any atom is 1.00 e. The smallest absolute Gasteiger partial charge is 0.411 e. The standard InChI is InChI=1S/C46H70B2.C46H70Br2.C9H20BO3.2C6H14O2.C4H9.2C2H6.Li/c2*1-5-9-13-17-19-23-35-31-45-33-36(24-20-18-14-10-6-2)34-46(45,32-35)42-30-44(48)38(26-22-16-12-8-4)28-40(42)39-27-37(25-21-15-11-7-3)43(47)29-41(39)45;1-7(2)12-10-13-9(5,6)8(3,4)11;2*1-5(2,7)6(3,4)8;1-3-4-2;2*1-2;/h2*27-30,35-36H,5-26,31-34H2,1-4H3;7,11H,1-6H3;2*7-8H,1-4H3;1,3-4H2,2H3;2*1-2H3;/q;;;;;-1;;;+1. The van der Waals surface area contributed by atoms with Crippen LogP contribution in [0.5, 0.6) is 0 Å². The van der Waals surface area contributed by atoms with E-state index in [4.69, 9.17) is 45.4 Å². The Kier molecular flexibility index (Phi) is 61.6. The molecule has 6 aliphatic rings. The van der Waals surface area contributed by atoms with Crippen molar-refractivity contribution in [2.45, 2.75) is 595 Å². The average Bonchev–Trinajstić information content (AvgIpc) is 1.49. The van der Waals surface area contributed by atoms with Gasteiger partial charge in [0.2, 0.25) is 0 Å². The molecule has 759 valence electrons. The molecule has 0 spiro atoms. The van der Waals surface area contributed by atoms with Gasteiger partial charge in [0.25, 0.3) is 0 Å². The zero-order chi connectivity index (χ0) is 100. The molecule has 0 saturated heterocycles. The van der Waals surface area contributed by atoms with Crippen LogP contribution in [0.3, 0.4) is 0 Å². The molecule has 0 aromatic heterocycles. The van der Waals surface area contributed by atoms with Crippen molar-refractivity contribution in [3.8, 4) is 22.3 Å². The molecule has 0 aliphatic heterocycles. The maximum absolute atomic E-state index is 9.71. The third-order valence-electron chi connectivity index (χ3n) is 32.1. The number of benzene rings is 4. The molecule has 6 aliphatic carbocycles. The molecule has 0 unspecified atom stereocenters. The van der Waals surface area contributed by atoms with E-state index in [0.29, 0.717) is 10.8 Å². The van der Waals surface area contributed by atoms with E-state index in [-0.39, 0.29) is 35.8 Å². The van der Waals surface area contributed by atoms with E-state index in [2.05, 4.69) is 150 Å². The fourth-order valence-corrected chi connectivity index (χ4v) is 23.3. The van der Waals surface area contributed by atoms with Gasteiger partial charge in [-0.15, -0.1) is 0 Å². The number of hydrogen-bond donors (Lipinski definition) is 5. The van der Waals surface area contributed by atoms with Gasteiger partial charge in [-0.2, -0.15) is 6.42 Å². The Balaban J connectivity index is 0.000000656. The molecule has 4 fully saturated rings. The molecule has 4 aromatic rings. The van der Waals surface area contributed by atoms with Crippen molar-refractivity contribution in [3.63, 3.8) is 0 Å². The largest absolute Gasteiger partial charge is 1.00 e. The van der Waals surface area contributed by atoms with Crippen molar-refractivity contribution in [1.29, 1.82) is 0 Å². The number of halogens is 2. The summed E-state index contributed by atoms with van der Waals surface area (Å²) in [4.78, 5) is 0. The molecule has 4 aromatic carbocycles. The molecule has 7 nitrogen and oxygen atoms in total. The van der Waals surface area contributed by atoms with Crippen molar-refractivity contribution in [3.05, 3.63) is 109 Å². The Morgan fingerprint density at radius 3 is 0.731 bits per heavy atom. The summed E-state index contributed by atoms with van der Waals surface area (Å²) in [5.41, 5.74) is 16.5. The van der Waals surface area contributed by atoms with Gasteiger partial charge < -0.3 is 41.8 Å². The summed E-state index contributed by atoms with van der Waals surface area (Å²) in [6.07, 6.45) is 72.5. The molecular weight excluding hydrogens is 1760 g/mol. The number of hydrogen-bond acceptors (Lipinski definition) is 7. The van der Waals surface area contributed by atoms with Crippen molar-refractivity contribution < 1.29 is 53.7 Å². The van der Waals surface area contributed by atoms with Crippen LogP contribution in [0.2, 0.25) is 0 Å². The van der Waals surface area contributed by atoms with E-state index < -0.39 is 33.6 Å². The van der Waals surface area contributed by atoms with Gasteiger partial charge >= 0.3 is 26.5 Å². The first kappa shape index (κ1) is 128. The predicted octanol–water partition coefficient (Wildman–Crippen LogP) is 31.6. The summed E-state index contributed by atoms with van der Waals surface area (Å²) in [6.45, 7) is 55.8. The second-order valence-electron chi connectivity index (χ2n) is 45.2. The zero-order valence-corrected chi connectivity index (χ0v) is 96.1. The molecule has 0 atom stereocenters. The van der Waals surface area contributed by atoms with E-state index in [1.54, 1.807) is 114 Å². The van der Waals surface area contributed by atoms with E-state index in [1.165, 1.54) is 366 Å². The van der Waals surface area contributed by atoms with Gasteiger partial charge in [-0.05, 0) is 303 Å². The minimum Gasteiger partial charge on any atom is -0.411 e. The monoisotopic (exact) mass is 1970 g/mol. The van der Waals surface area contributed by atoms with Crippen LogP contribution in [0.25, 0.3) is 22.3 Å². The van der Waals surface area contributed by atoms with Crippen LogP contribution in [0.1, 0.15) is 552 Å². The molecule has 5 radical (unpaired) electrons. The van der Waals surface area contributed by atoms with Crippen LogP contribution in [-0.4, -0.2) is 88.6 Å². The molecule has 0 heterocycles. The van der Waals surface area contributed by atoms with E-state index in [9.17, 15) is 5.11 Å². The van der Waals surface area contributed by atoms with Crippen LogP contribution in [0.4, 0.5) is 0 Å². The normalized spacial score (nSPS) is 20.5. The van der Waals surface area contributed by atoms with Gasteiger partial charge in [-0.3, -0.25) is 0 Å². The predicted molar refractivity (Wildman–Crippen MR) is 594 cm³/mol. The topological polar surface area (TPSA) is 120 Å². The Hall–Kier alpha value is -1.65. The van der Waals surface area contributed by atoms with Gasteiger partial charge in [-0.25, -0.2) is 0 Å². The third-order valence-corrected chi connectivity index (χ3v) is 33.5. The third kappa shape index (κ3) is 38.1. The van der Waals surface area contributed by atoms with E-state index in [1.807, 2.05) is 55.4 Å². The second-order valence-corrected chi connectivity index (χ2v) is 46.9. The summed E-state index contributed by atoms with van der Waals surface area (Å²) < 4.78 is 13.2. The average molecular weight is 1980 g/mol. The van der Waals surface area contributed by atoms with Gasteiger partial charge in [0.15, 0.2) is 0 Å².